The monoisotopic (exact) mass is 360 g/mol. The van der Waals surface area contributed by atoms with E-state index in [2.05, 4.69) is 15.9 Å². The van der Waals surface area contributed by atoms with Gasteiger partial charge in [0.05, 0.1) is 23.1 Å². The highest BCUT2D eigenvalue weighted by Crippen LogP contribution is 2.31. The third-order valence-corrected chi connectivity index (χ3v) is 6.09. The molecule has 1 aromatic carbocycles. The van der Waals surface area contributed by atoms with Crippen LogP contribution in [-0.2, 0) is 10.0 Å². The van der Waals surface area contributed by atoms with E-state index in [1.54, 1.807) is 0 Å². The van der Waals surface area contributed by atoms with E-state index in [0.717, 1.165) is 4.31 Å². The van der Waals surface area contributed by atoms with Crippen molar-refractivity contribution in [3.63, 3.8) is 0 Å². The first-order valence-electron chi connectivity index (χ1n) is 5.85. The van der Waals surface area contributed by atoms with Crippen molar-refractivity contribution in [3.05, 3.63) is 28.2 Å². The van der Waals surface area contributed by atoms with Crippen LogP contribution in [0.25, 0.3) is 0 Å². The van der Waals surface area contributed by atoms with Gasteiger partial charge in [0.2, 0.25) is 10.0 Å². The predicted octanol–water partition coefficient (Wildman–Crippen LogP) is 0.439. The summed E-state index contributed by atoms with van der Waals surface area (Å²) in [6.07, 6.45) is 0.191. The first-order valence-corrected chi connectivity index (χ1v) is 8.09. The van der Waals surface area contributed by atoms with Crippen molar-refractivity contribution in [1.29, 1.82) is 5.26 Å². The summed E-state index contributed by atoms with van der Waals surface area (Å²) < 4.78 is 26.4. The molecule has 1 aromatic rings. The maximum atomic E-state index is 12.5. The Labute approximate surface area is 125 Å². The quantitative estimate of drug-likeness (QED) is 0.814. The molecule has 8 heteroatoms. The van der Waals surface area contributed by atoms with Crippen LogP contribution < -0.4 is 0 Å². The van der Waals surface area contributed by atoms with Crippen molar-refractivity contribution in [2.24, 2.45) is 0 Å². The molecule has 20 heavy (non-hydrogen) atoms. The SMILES string of the molecule is N#Cc1ccc(S(=O)(=O)N2CC[C@](O)(CO)C2)c(Br)c1. The second-order valence-corrected chi connectivity index (χ2v) is 7.49. The van der Waals surface area contributed by atoms with Crippen LogP contribution in [0.1, 0.15) is 12.0 Å². The Balaban J connectivity index is 2.35. The number of hydrogen-bond donors (Lipinski definition) is 2. The molecular weight excluding hydrogens is 348 g/mol. The van der Waals surface area contributed by atoms with E-state index in [0.29, 0.717) is 10.0 Å². The molecule has 1 saturated heterocycles. The van der Waals surface area contributed by atoms with E-state index in [-0.39, 0.29) is 24.4 Å². The van der Waals surface area contributed by atoms with Gasteiger partial charge in [-0.05, 0) is 40.5 Å². The molecule has 1 aliphatic heterocycles. The lowest BCUT2D eigenvalue weighted by molar-refractivity contribution is -0.000735. The summed E-state index contributed by atoms with van der Waals surface area (Å²) in [7, 11) is -3.77. The van der Waals surface area contributed by atoms with Gasteiger partial charge < -0.3 is 10.2 Å². The maximum Gasteiger partial charge on any atom is 0.244 e. The molecule has 0 aromatic heterocycles. The molecule has 1 fully saturated rings. The van der Waals surface area contributed by atoms with Gasteiger partial charge in [-0.3, -0.25) is 0 Å². The molecule has 2 rings (SSSR count). The van der Waals surface area contributed by atoms with Gasteiger partial charge >= 0.3 is 0 Å². The molecule has 0 spiro atoms. The van der Waals surface area contributed by atoms with Crippen molar-refractivity contribution in [1.82, 2.24) is 4.31 Å². The molecule has 2 N–H and O–H groups in total. The number of sulfonamides is 1. The second-order valence-electron chi connectivity index (χ2n) is 4.73. The van der Waals surface area contributed by atoms with E-state index in [9.17, 15) is 13.5 Å². The molecule has 6 nitrogen and oxygen atoms in total. The molecule has 0 aliphatic carbocycles. The topological polar surface area (TPSA) is 102 Å². The van der Waals surface area contributed by atoms with Crippen LogP contribution in [0.3, 0.4) is 0 Å². The van der Waals surface area contributed by atoms with Gasteiger partial charge in [0.25, 0.3) is 0 Å². The van der Waals surface area contributed by atoms with Crippen molar-refractivity contribution in [2.75, 3.05) is 19.7 Å². The van der Waals surface area contributed by atoms with Crippen LogP contribution in [0.2, 0.25) is 0 Å². The molecule has 1 atom stereocenters. The van der Waals surface area contributed by atoms with E-state index in [4.69, 9.17) is 10.4 Å². The number of halogens is 1. The minimum atomic E-state index is -3.77. The minimum absolute atomic E-state index is 0.0405. The average molecular weight is 361 g/mol. The lowest BCUT2D eigenvalue weighted by Gasteiger charge is -2.21. The Morgan fingerprint density at radius 3 is 2.70 bits per heavy atom. The van der Waals surface area contributed by atoms with Crippen molar-refractivity contribution < 1.29 is 18.6 Å². The summed E-state index contributed by atoms with van der Waals surface area (Å²) in [5, 5.41) is 27.8. The molecular formula is C12H13BrN2O4S. The summed E-state index contributed by atoms with van der Waals surface area (Å²) in [4.78, 5) is 0.0405. The Morgan fingerprint density at radius 2 is 2.20 bits per heavy atom. The minimum Gasteiger partial charge on any atom is -0.393 e. The third kappa shape index (κ3) is 2.73. The fourth-order valence-corrected chi connectivity index (χ4v) is 4.63. The van der Waals surface area contributed by atoms with E-state index in [1.165, 1.54) is 18.2 Å². The highest BCUT2D eigenvalue weighted by atomic mass is 79.9. The van der Waals surface area contributed by atoms with Gasteiger partial charge in [0.1, 0.15) is 5.60 Å². The molecule has 0 radical (unpaired) electrons. The molecule has 0 bridgehead atoms. The number of β-amino-alcohol motifs (C(OH)–C–C–N with tert-alkyl or cyclic N) is 1. The Kier molecular flexibility index (Phi) is 4.18. The van der Waals surface area contributed by atoms with E-state index >= 15 is 0 Å². The van der Waals surface area contributed by atoms with E-state index < -0.39 is 22.2 Å². The number of hydrogen-bond acceptors (Lipinski definition) is 5. The summed E-state index contributed by atoms with van der Waals surface area (Å²) >= 11 is 3.15. The van der Waals surface area contributed by atoms with Gasteiger partial charge in [-0.25, -0.2) is 8.42 Å². The standard InChI is InChI=1S/C12H13BrN2O4S/c13-10-5-9(6-14)1-2-11(10)20(18,19)15-4-3-12(17,7-15)8-16/h1-2,5,16-17H,3-4,7-8H2/t12-/m1/s1. The van der Waals surface area contributed by atoms with Crippen LogP contribution in [0.15, 0.2) is 27.6 Å². The molecule has 1 aliphatic rings. The fourth-order valence-electron chi connectivity index (χ4n) is 2.07. The Hall–Kier alpha value is -0.980. The first-order chi connectivity index (χ1) is 9.32. The lowest BCUT2D eigenvalue weighted by atomic mass is 10.1. The van der Waals surface area contributed by atoms with Crippen LogP contribution >= 0.6 is 15.9 Å². The number of aliphatic hydroxyl groups is 2. The molecule has 0 unspecified atom stereocenters. The van der Waals surface area contributed by atoms with Crippen LogP contribution in [0.5, 0.6) is 0 Å². The molecule has 0 amide bonds. The average Bonchev–Trinajstić information content (AvgIpc) is 2.82. The Bertz CT molecular complexity index is 671. The maximum absolute atomic E-state index is 12.5. The normalized spacial score (nSPS) is 23.7. The van der Waals surface area contributed by atoms with Crippen LogP contribution in [0, 0.1) is 11.3 Å². The van der Waals surface area contributed by atoms with Gasteiger partial charge in [-0.2, -0.15) is 9.57 Å². The zero-order valence-electron chi connectivity index (χ0n) is 10.5. The highest BCUT2D eigenvalue weighted by molar-refractivity contribution is 9.10. The smallest absolute Gasteiger partial charge is 0.244 e. The van der Waals surface area contributed by atoms with Gasteiger partial charge in [0.15, 0.2) is 0 Å². The van der Waals surface area contributed by atoms with Crippen molar-refractivity contribution >= 4 is 26.0 Å². The number of nitriles is 1. The number of rotatable bonds is 3. The number of aliphatic hydroxyl groups excluding tert-OH is 1. The van der Waals surface area contributed by atoms with Gasteiger partial charge in [-0.15, -0.1) is 0 Å². The van der Waals surface area contributed by atoms with Crippen molar-refractivity contribution in [2.45, 2.75) is 16.9 Å². The fraction of sp³-hybridized carbons (Fsp3) is 0.417. The van der Waals surface area contributed by atoms with E-state index in [1.807, 2.05) is 6.07 Å². The van der Waals surface area contributed by atoms with Crippen LogP contribution in [-0.4, -0.2) is 48.2 Å². The summed E-state index contributed by atoms with van der Waals surface area (Å²) in [6, 6.07) is 6.14. The zero-order valence-corrected chi connectivity index (χ0v) is 12.9. The van der Waals surface area contributed by atoms with Gasteiger partial charge in [0, 0.05) is 17.6 Å². The predicted molar refractivity (Wildman–Crippen MR) is 74.3 cm³/mol. The Morgan fingerprint density at radius 1 is 1.50 bits per heavy atom. The second kappa shape index (κ2) is 5.42. The largest absolute Gasteiger partial charge is 0.393 e. The first kappa shape index (κ1) is 15.4. The zero-order chi connectivity index (χ0) is 15.0. The van der Waals surface area contributed by atoms with Gasteiger partial charge in [-0.1, -0.05) is 0 Å². The number of nitrogens with zero attached hydrogens (tertiary/aromatic N) is 2. The van der Waals surface area contributed by atoms with Crippen LogP contribution in [0.4, 0.5) is 0 Å². The lowest BCUT2D eigenvalue weighted by Crippen LogP contribution is -2.38. The van der Waals surface area contributed by atoms with Crippen molar-refractivity contribution in [3.8, 4) is 6.07 Å². The molecule has 108 valence electrons. The summed E-state index contributed by atoms with van der Waals surface area (Å²) in [5.41, 5.74) is -1.03. The highest BCUT2D eigenvalue weighted by Gasteiger charge is 2.41. The summed E-state index contributed by atoms with van der Waals surface area (Å²) in [5.74, 6) is 0. The number of benzene rings is 1. The summed E-state index contributed by atoms with van der Waals surface area (Å²) in [6.45, 7) is -0.475. The third-order valence-electron chi connectivity index (χ3n) is 3.27. The molecule has 0 saturated carbocycles. The molecule has 1 heterocycles.